The molecule has 18 heteroatoms. The number of hydrogen-bond donors (Lipinski definition) is 5. The molecule has 0 saturated heterocycles. The van der Waals surface area contributed by atoms with Crippen LogP contribution < -0.4 is 17.2 Å². The summed E-state index contributed by atoms with van der Waals surface area (Å²) in [5.74, 6) is -0.888. The van der Waals surface area contributed by atoms with Crippen LogP contribution in [0, 0.1) is 0 Å². The molecule has 0 amide bonds. The van der Waals surface area contributed by atoms with Crippen molar-refractivity contribution in [3.63, 3.8) is 0 Å². The third-order valence-electron chi connectivity index (χ3n) is 6.52. The number of nitrogen functional groups attached to an aromatic ring is 1. The smallest absolute Gasteiger partial charge is 0.296 e. The number of rotatable bonds is 11. The van der Waals surface area contributed by atoms with Gasteiger partial charge in [-0.3, -0.25) is 4.55 Å². The van der Waals surface area contributed by atoms with Crippen LogP contribution in [0.4, 0.5) is 22.7 Å². The Kier molecular flexibility index (Phi) is 9.62. The molecular weight excluding hydrogens is 635 g/mol. The maximum absolute atomic E-state index is 12.2. The van der Waals surface area contributed by atoms with E-state index in [0.29, 0.717) is 5.70 Å². The van der Waals surface area contributed by atoms with Crippen molar-refractivity contribution >= 4 is 63.3 Å². The number of nitrogens with two attached hydrogens (primary N) is 3. The molecule has 0 aliphatic heterocycles. The molecule has 0 heterocycles. The molecule has 8 N–H and O–H groups in total. The summed E-state index contributed by atoms with van der Waals surface area (Å²) in [6.45, 7) is -0.0538. The van der Waals surface area contributed by atoms with Crippen LogP contribution in [0.5, 0.6) is 5.75 Å². The number of benzene rings is 3. The number of aromatic hydroxyl groups is 1. The fourth-order valence-electron chi connectivity index (χ4n) is 4.30. The first-order valence-corrected chi connectivity index (χ1v) is 17.7. The number of allylic oxidation sites excluding steroid dienone is 4. The third kappa shape index (κ3) is 7.17. The summed E-state index contributed by atoms with van der Waals surface area (Å²) >= 11 is 0. The second kappa shape index (κ2) is 12.9. The van der Waals surface area contributed by atoms with Crippen LogP contribution in [0.1, 0.15) is 12.8 Å². The molecule has 44 heavy (non-hydrogen) atoms. The molecule has 1 aliphatic carbocycles. The Balaban J connectivity index is 1.72. The Hall–Kier alpha value is -4.07. The van der Waals surface area contributed by atoms with Crippen LogP contribution in [0.15, 0.2) is 95.5 Å². The highest BCUT2D eigenvalue weighted by Gasteiger charge is 2.24. The minimum Gasteiger partial charge on any atom is -0.505 e. The van der Waals surface area contributed by atoms with E-state index in [0.717, 1.165) is 6.07 Å². The van der Waals surface area contributed by atoms with Crippen molar-refractivity contribution in [2.45, 2.75) is 22.6 Å². The second-order valence-corrected chi connectivity index (χ2v) is 15.2. The molecule has 0 unspecified atom stereocenters. The molecular formula is C26H29N7O8S3. The molecule has 0 radical (unpaired) electrons. The zero-order valence-corrected chi connectivity index (χ0v) is 25.5. The zero-order valence-electron chi connectivity index (χ0n) is 23.0. The Labute approximate surface area is 253 Å². The van der Waals surface area contributed by atoms with Gasteiger partial charge < -0.3 is 22.3 Å². The van der Waals surface area contributed by atoms with E-state index < -0.39 is 46.1 Å². The van der Waals surface area contributed by atoms with Gasteiger partial charge in [0.25, 0.3) is 10.1 Å². The van der Waals surface area contributed by atoms with E-state index in [1.807, 2.05) is 0 Å². The van der Waals surface area contributed by atoms with Crippen molar-refractivity contribution in [2.75, 3.05) is 30.3 Å². The molecule has 4 rings (SSSR count). The van der Waals surface area contributed by atoms with Gasteiger partial charge in [-0.1, -0.05) is 6.07 Å². The van der Waals surface area contributed by atoms with Gasteiger partial charge in [0, 0.05) is 18.0 Å². The van der Waals surface area contributed by atoms with Crippen LogP contribution in [0.2, 0.25) is 0 Å². The number of phenols is 1. The Morgan fingerprint density at radius 3 is 2.02 bits per heavy atom. The summed E-state index contributed by atoms with van der Waals surface area (Å²) in [4.78, 5) is -0.413. The highest BCUT2D eigenvalue weighted by Crippen LogP contribution is 2.45. The molecule has 0 saturated carbocycles. The van der Waals surface area contributed by atoms with Gasteiger partial charge in [0.1, 0.15) is 16.3 Å². The number of nitrogens with zero attached hydrogens (tertiary/aromatic N) is 4. The fraction of sp³-hybridized carbons (Fsp3) is 0.231. The van der Waals surface area contributed by atoms with Crippen LogP contribution in [0.25, 0.3) is 10.8 Å². The summed E-state index contributed by atoms with van der Waals surface area (Å²) in [6, 6.07) is 9.33. The molecule has 3 aromatic carbocycles. The Morgan fingerprint density at radius 2 is 1.43 bits per heavy atom. The Morgan fingerprint density at radius 1 is 0.773 bits per heavy atom. The normalized spacial score (nSPS) is 14.8. The van der Waals surface area contributed by atoms with E-state index in [1.165, 1.54) is 48.6 Å². The van der Waals surface area contributed by atoms with E-state index in [-0.39, 0.29) is 75.1 Å². The lowest BCUT2D eigenvalue weighted by Crippen LogP contribution is -2.18. The van der Waals surface area contributed by atoms with Crippen LogP contribution >= 0.6 is 0 Å². The minimum absolute atomic E-state index is 0.0267. The summed E-state index contributed by atoms with van der Waals surface area (Å²) in [7, 11) is -11.9. The van der Waals surface area contributed by atoms with E-state index in [2.05, 4.69) is 20.5 Å². The number of sulfone groups is 2. The molecule has 15 nitrogen and oxygen atoms in total. The lowest BCUT2D eigenvalue weighted by Gasteiger charge is -2.13. The first kappa shape index (κ1) is 32.8. The average Bonchev–Trinajstić information content (AvgIpc) is 2.96. The largest absolute Gasteiger partial charge is 0.505 e. The van der Waals surface area contributed by atoms with Gasteiger partial charge in [-0.05, 0) is 66.8 Å². The maximum Gasteiger partial charge on any atom is 0.296 e. The van der Waals surface area contributed by atoms with Gasteiger partial charge in [0.15, 0.2) is 25.4 Å². The number of anilines is 1. The van der Waals surface area contributed by atoms with Crippen molar-refractivity contribution in [1.82, 2.24) is 0 Å². The van der Waals surface area contributed by atoms with Crippen LogP contribution in [-0.2, 0) is 29.8 Å². The van der Waals surface area contributed by atoms with Crippen LogP contribution in [0.3, 0.4) is 0 Å². The average molecular weight is 664 g/mol. The molecule has 0 atom stereocenters. The van der Waals surface area contributed by atoms with Crippen molar-refractivity contribution < 1.29 is 34.9 Å². The van der Waals surface area contributed by atoms with Gasteiger partial charge in [-0.15, -0.1) is 10.2 Å². The molecule has 0 spiro atoms. The van der Waals surface area contributed by atoms with E-state index in [1.54, 1.807) is 0 Å². The van der Waals surface area contributed by atoms with Crippen molar-refractivity contribution in [3.8, 4) is 5.75 Å². The summed E-state index contributed by atoms with van der Waals surface area (Å²) < 4.78 is 83.1. The lowest BCUT2D eigenvalue weighted by molar-refractivity contribution is 0.481. The summed E-state index contributed by atoms with van der Waals surface area (Å²) in [6.07, 6.45) is 3.08. The van der Waals surface area contributed by atoms with E-state index in [4.69, 9.17) is 17.2 Å². The second-order valence-electron chi connectivity index (χ2n) is 9.54. The number of phenolic OH excluding ortho intramolecular Hbond substituents is 1. The van der Waals surface area contributed by atoms with Crippen molar-refractivity contribution in [1.29, 1.82) is 0 Å². The van der Waals surface area contributed by atoms with Gasteiger partial charge >= 0.3 is 0 Å². The van der Waals surface area contributed by atoms with Crippen molar-refractivity contribution in [2.24, 2.45) is 31.9 Å². The predicted octanol–water partition coefficient (Wildman–Crippen LogP) is 3.54. The maximum atomic E-state index is 12.2. The molecule has 1 aliphatic rings. The standard InChI is InChI=1S/C26H29N7O8S3/c27-11-13-42(35,36)19-6-2-17(3-7-19)30-32-21-10-1-16-15-22(44(39,40)41)25(24(29)23(16)26(21)34)33-31-18-4-8-20(9-5-18)43(37,38)14-12-28/h1-4,6-8,10,15,34H,5,9,11-14,27-29H2,(H,39,40,41)/b32-30+,33-31+. The van der Waals surface area contributed by atoms with E-state index >= 15 is 0 Å². The molecule has 3 aromatic rings. The zero-order chi connectivity index (χ0) is 32.3. The number of fused-ring (bicyclic) bond motifs is 1. The summed E-state index contributed by atoms with van der Waals surface area (Å²) in [5, 5.41) is 27.1. The monoisotopic (exact) mass is 663 g/mol. The van der Waals surface area contributed by atoms with Crippen LogP contribution in [-0.4, -0.2) is 59.5 Å². The Bertz CT molecular complexity index is 2060. The quantitative estimate of drug-likeness (QED) is 0.112. The molecule has 0 aromatic heterocycles. The first-order chi connectivity index (χ1) is 20.7. The summed E-state index contributed by atoms with van der Waals surface area (Å²) in [5.41, 5.74) is 16.7. The third-order valence-corrected chi connectivity index (χ3v) is 11.1. The highest BCUT2D eigenvalue weighted by atomic mass is 32.2. The first-order valence-electron chi connectivity index (χ1n) is 12.9. The van der Waals surface area contributed by atoms with Gasteiger partial charge in [-0.2, -0.15) is 18.6 Å². The fourth-order valence-corrected chi connectivity index (χ4v) is 7.32. The SMILES string of the molecule is NCCS(=O)(=O)C1=CC=C(/N=N/c2c(S(=O)(=O)O)cc3ccc(/N=N/c4ccc(S(=O)(=O)CCN)cc4)c(O)c3c2N)CC1. The topological polar surface area (TPSA) is 270 Å². The van der Waals surface area contributed by atoms with Gasteiger partial charge in [-0.25, -0.2) is 16.8 Å². The minimum atomic E-state index is -4.85. The predicted molar refractivity (Wildman–Crippen MR) is 164 cm³/mol. The molecule has 0 fully saturated rings. The molecule has 0 bridgehead atoms. The highest BCUT2D eigenvalue weighted by molar-refractivity contribution is 7.95. The van der Waals surface area contributed by atoms with Gasteiger partial charge in [0.05, 0.1) is 38.9 Å². The number of azo groups is 2. The molecule has 234 valence electrons. The lowest BCUT2D eigenvalue weighted by atomic mass is 10.1. The number of hydrogen-bond acceptors (Lipinski definition) is 14. The van der Waals surface area contributed by atoms with Crippen molar-refractivity contribution in [3.05, 3.63) is 65.2 Å². The van der Waals surface area contributed by atoms with E-state index in [9.17, 15) is 34.9 Å². The van der Waals surface area contributed by atoms with Gasteiger partial charge in [0.2, 0.25) is 0 Å².